The summed E-state index contributed by atoms with van der Waals surface area (Å²) in [5.41, 5.74) is 2.16. The highest BCUT2D eigenvalue weighted by molar-refractivity contribution is 5.34. The molecule has 0 spiro atoms. The summed E-state index contributed by atoms with van der Waals surface area (Å²) in [6.45, 7) is 1.85. The van der Waals surface area contributed by atoms with Crippen molar-refractivity contribution >= 4 is 0 Å². The summed E-state index contributed by atoms with van der Waals surface area (Å²) in [5, 5.41) is 10.2. The quantitative estimate of drug-likeness (QED) is 0.926. The number of hydrogen-bond donors (Lipinski definition) is 1. The van der Waals surface area contributed by atoms with Crippen LogP contribution in [0.5, 0.6) is 5.75 Å². The number of aliphatic hydroxyl groups is 1. The van der Waals surface area contributed by atoms with Crippen LogP contribution < -0.4 is 4.74 Å². The topological polar surface area (TPSA) is 29.5 Å². The molecule has 0 heterocycles. The number of rotatable bonds is 4. The third-order valence-corrected chi connectivity index (χ3v) is 3.28. The third-order valence-electron chi connectivity index (χ3n) is 3.28. The second-order valence-electron chi connectivity index (χ2n) is 4.68. The third kappa shape index (κ3) is 3.14. The highest BCUT2D eigenvalue weighted by Gasteiger charge is 2.13. The average Bonchev–Trinajstić information content (AvgIpc) is 2.43. The fraction of sp³-hybridized carbons (Fsp3) is 0.250. The minimum atomic E-state index is -0.843. The van der Waals surface area contributed by atoms with Crippen LogP contribution in [0.2, 0.25) is 0 Å². The molecule has 1 N–H and O–H groups in total. The molecular formula is C16H16F2O2. The molecule has 2 aromatic rings. The first-order valence-corrected chi connectivity index (χ1v) is 6.28. The summed E-state index contributed by atoms with van der Waals surface area (Å²) in [5.74, 6) is -0.739. The number of halogens is 2. The predicted octanol–water partition coefficient (Wildman–Crippen LogP) is 3.56. The maximum Gasteiger partial charge on any atom is 0.165 e. The van der Waals surface area contributed by atoms with Crippen LogP contribution >= 0.6 is 0 Å². The van der Waals surface area contributed by atoms with Gasteiger partial charge in [0.15, 0.2) is 11.6 Å². The van der Waals surface area contributed by atoms with Crippen LogP contribution in [0.3, 0.4) is 0 Å². The molecule has 2 aromatic carbocycles. The number of aliphatic hydroxyl groups excluding tert-OH is 1. The number of hydrogen-bond acceptors (Lipinski definition) is 2. The molecule has 0 aliphatic rings. The van der Waals surface area contributed by atoms with Gasteiger partial charge in [0.2, 0.25) is 0 Å². The molecule has 0 saturated heterocycles. The van der Waals surface area contributed by atoms with Crippen molar-refractivity contribution in [2.45, 2.75) is 19.4 Å². The molecule has 0 aliphatic carbocycles. The molecule has 1 unspecified atom stereocenters. The standard InChI is InChI=1S/C16H16F2O2/c1-10-3-5-13(17)7-12(10)8-15(19)11-4-6-14(18)16(9-11)20-2/h3-7,9,15,19H,8H2,1-2H3. The monoisotopic (exact) mass is 278 g/mol. The Hall–Kier alpha value is -1.94. The van der Waals surface area contributed by atoms with Crippen LogP contribution in [-0.4, -0.2) is 12.2 Å². The van der Waals surface area contributed by atoms with Gasteiger partial charge in [0, 0.05) is 6.42 Å². The maximum atomic E-state index is 13.3. The molecule has 0 fully saturated rings. The maximum absolute atomic E-state index is 13.3. The highest BCUT2D eigenvalue weighted by Crippen LogP contribution is 2.26. The number of benzene rings is 2. The Bertz CT molecular complexity index is 611. The van der Waals surface area contributed by atoms with E-state index >= 15 is 0 Å². The zero-order chi connectivity index (χ0) is 14.7. The largest absolute Gasteiger partial charge is 0.494 e. The van der Waals surface area contributed by atoms with E-state index in [2.05, 4.69) is 0 Å². The van der Waals surface area contributed by atoms with Gasteiger partial charge in [0.1, 0.15) is 5.82 Å². The van der Waals surface area contributed by atoms with Crippen molar-refractivity contribution in [1.82, 2.24) is 0 Å². The van der Waals surface area contributed by atoms with Gasteiger partial charge >= 0.3 is 0 Å². The van der Waals surface area contributed by atoms with Gasteiger partial charge in [-0.1, -0.05) is 12.1 Å². The molecule has 1 atom stereocenters. The summed E-state index contributed by atoms with van der Waals surface area (Å²) in [4.78, 5) is 0. The van der Waals surface area contributed by atoms with Gasteiger partial charge in [0.25, 0.3) is 0 Å². The van der Waals surface area contributed by atoms with Crippen LogP contribution in [-0.2, 0) is 6.42 Å². The Morgan fingerprint density at radius 2 is 1.90 bits per heavy atom. The normalized spacial score (nSPS) is 12.2. The molecule has 106 valence electrons. The first kappa shape index (κ1) is 14.5. The zero-order valence-corrected chi connectivity index (χ0v) is 11.4. The van der Waals surface area contributed by atoms with Gasteiger partial charge in [-0.25, -0.2) is 8.78 Å². The van der Waals surface area contributed by atoms with Gasteiger partial charge in [-0.3, -0.25) is 0 Å². The van der Waals surface area contributed by atoms with Gasteiger partial charge in [-0.05, 0) is 47.9 Å². The number of aryl methyl sites for hydroxylation is 1. The van der Waals surface area contributed by atoms with E-state index in [1.165, 1.54) is 37.4 Å². The van der Waals surface area contributed by atoms with E-state index in [1.807, 2.05) is 6.92 Å². The zero-order valence-electron chi connectivity index (χ0n) is 11.4. The van der Waals surface area contributed by atoms with Crippen molar-refractivity contribution in [3.63, 3.8) is 0 Å². The average molecular weight is 278 g/mol. The Kier molecular flexibility index (Phi) is 4.35. The molecule has 20 heavy (non-hydrogen) atoms. The lowest BCUT2D eigenvalue weighted by molar-refractivity contribution is 0.177. The lowest BCUT2D eigenvalue weighted by atomic mass is 9.98. The van der Waals surface area contributed by atoms with Crippen LogP contribution in [0.1, 0.15) is 22.8 Å². The van der Waals surface area contributed by atoms with E-state index in [0.717, 1.165) is 11.1 Å². The summed E-state index contributed by atoms with van der Waals surface area (Å²) in [6.07, 6.45) is -0.580. The van der Waals surface area contributed by atoms with Gasteiger partial charge < -0.3 is 9.84 Å². The highest BCUT2D eigenvalue weighted by atomic mass is 19.1. The van der Waals surface area contributed by atoms with Crippen molar-refractivity contribution in [3.8, 4) is 5.75 Å². The Labute approximate surface area is 116 Å². The number of ether oxygens (including phenoxy) is 1. The van der Waals surface area contributed by atoms with Crippen LogP contribution in [0, 0.1) is 18.6 Å². The van der Waals surface area contributed by atoms with E-state index in [9.17, 15) is 13.9 Å². The van der Waals surface area contributed by atoms with Crippen LogP contribution in [0.15, 0.2) is 36.4 Å². The van der Waals surface area contributed by atoms with Gasteiger partial charge in [-0.15, -0.1) is 0 Å². The summed E-state index contributed by atoms with van der Waals surface area (Å²) in [6, 6.07) is 8.65. The van der Waals surface area contributed by atoms with E-state index in [1.54, 1.807) is 6.07 Å². The molecule has 0 saturated carbocycles. The number of methoxy groups -OCH3 is 1. The van der Waals surface area contributed by atoms with Crippen molar-refractivity contribution in [3.05, 3.63) is 64.7 Å². The van der Waals surface area contributed by atoms with E-state index in [-0.39, 0.29) is 18.0 Å². The Morgan fingerprint density at radius 1 is 1.15 bits per heavy atom. The summed E-state index contributed by atoms with van der Waals surface area (Å²) < 4.78 is 31.4. The second-order valence-corrected chi connectivity index (χ2v) is 4.68. The van der Waals surface area contributed by atoms with Crippen molar-refractivity contribution in [2.24, 2.45) is 0 Å². The fourth-order valence-electron chi connectivity index (χ4n) is 2.07. The Morgan fingerprint density at radius 3 is 2.60 bits per heavy atom. The summed E-state index contributed by atoms with van der Waals surface area (Å²) in [7, 11) is 1.37. The molecule has 0 aromatic heterocycles. The molecule has 0 aliphatic heterocycles. The fourth-order valence-corrected chi connectivity index (χ4v) is 2.07. The smallest absolute Gasteiger partial charge is 0.165 e. The van der Waals surface area contributed by atoms with E-state index < -0.39 is 11.9 Å². The van der Waals surface area contributed by atoms with E-state index in [4.69, 9.17) is 4.74 Å². The molecule has 0 radical (unpaired) electrons. The minimum absolute atomic E-state index is 0.0810. The predicted molar refractivity (Wildman–Crippen MR) is 72.8 cm³/mol. The molecular weight excluding hydrogens is 262 g/mol. The van der Waals surface area contributed by atoms with Crippen molar-refractivity contribution in [1.29, 1.82) is 0 Å². The van der Waals surface area contributed by atoms with Crippen LogP contribution in [0.4, 0.5) is 8.78 Å². The molecule has 0 bridgehead atoms. The van der Waals surface area contributed by atoms with Crippen molar-refractivity contribution in [2.75, 3.05) is 7.11 Å². The first-order valence-electron chi connectivity index (χ1n) is 6.28. The molecule has 0 amide bonds. The van der Waals surface area contributed by atoms with Gasteiger partial charge in [0.05, 0.1) is 13.2 Å². The molecule has 2 nitrogen and oxygen atoms in total. The lowest BCUT2D eigenvalue weighted by Crippen LogP contribution is -2.04. The lowest BCUT2D eigenvalue weighted by Gasteiger charge is -2.14. The second kappa shape index (κ2) is 6.01. The Balaban J connectivity index is 2.23. The molecule has 2 rings (SSSR count). The van der Waals surface area contributed by atoms with Crippen LogP contribution in [0.25, 0.3) is 0 Å². The first-order chi connectivity index (χ1) is 9.51. The van der Waals surface area contributed by atoms with E-state index in [0.29, 0.717) is 5.56 Å². The van der Waals surface area contributed by atoms with Gasteiger partial charge in [-0.2, -0.15) is 0 Å². The minimum Gasteiger partial charge on any atom is -0.494 e. The summed E-state index contributed by atoms with van der Waals surface area (Å²) >= 11 is 0. The SMILES string of the molecule is COc1cc(C(O)Cc2cc(F)ccc2C)ccc1F. The van der Waals surface area contributed by atoms with Crippen molar-refractivity contribution < 1.29 is 18.6 Å². The molecule has 4 heteroatoms.